The first-order valence-electron chi connectivity index (χ1n) is 6.95. The molecule has 3 aromatic carbocycles. The molecule has 0 fully saturated rings. The molecule has 0 unspecified atom stereocenters. The third kappa shape index (κ3) is 2.56. The van der Waals surface area contributed by atoms with Gasteiger partial charge in [0.1, 0.15) is 5.75 Å². The van der Waals surface area contributed by atoms with Gasteiger partial charge in [-0.2, -0.15) is 0 Å². The normalized spacial score (nSPS) is 11.1. The van der Waals surface area contributed by atoms with Crippen molar-refractivity contribution < 1.29 is 5.11 Å². The van der Waals surface area contributed by atoms with Gasteiger partial charge in [0.15, 0.2) is 0 Å². The number of aliphatic imine (C=N–C) groups is 1. The van der Waals surface area contributed by atoms with Crippen molar-refractivity contribution in [3.63, 3.8) is 0 Å². The first kappa shape index (κ1) is 13.9. The van der Waals surface area contributed by atoms with E-state index in [1.54, 1.807) is 12.3 Å². The lowest BCUT2D eigenvalue weighted by Gasteiger charge is -2.06. The fourth-order valence-corrected chi connectivity index (χ4v) is 2.41. The van der Waals surface area contributed by atoms with Gasteiger partial charge in [0, 0.05) is 23.0 Å². The van der Waals surface area contributed by atoms with Gasteiger partial charge in [-0.25, -0.2) is 0 Å². The van der Waals surface area contributed by atoms with Crippen molar-refractivity contribution in [1.29, 1.82) is 0 Å². The van der Waals surface area contributed by atoms with E-state index in [0.717, 1.165) is 22.0 Å². The Hall–Kier alpha value is -3.07. The molecule has 3 heteroatoms. The Balaban J connectivity index is 2.11. The topological polar surface area (TPSA) is 58.6 Å². The minimum atomic E-state index is 0.200. The van der Waals surface area contributed by atoms with Crippen LogP contribution in [0.4, 0.5) is 5.69 Å². The Kier molecular flexibility index (Phi) is 3.62. The Morgan fingerprint density at radius 3 is 2.55 bits per heavy atom. The SMILES string of the molecule is C=C(N)c1ccccc1/N=C/c1c(O)ccc2ccccc12. The number of hydrogen-bond acceptors (Lipinski definition) is 3. The van der Waals surface area contributed by atoms with Crippen LogP contribution < -0.4 is 5.73 Å². The number of phenols is 1. The predicted octanol–water partition coefficient (Wildman–Crippen LogP) is 4.23. The van der Waals surface area contributed by atoms with E-state index < -0.39 is 0 Å². The molecule has 3 rings (SSSR count). The minimum Gasteiger partial charge on any atom is -0.507 e. The van der Waals surface area contributed by atoms with Crippen LogP contribution in [0.15, 0.2) is 72.2 Å². The number of nitrogens with two attached hydrogens (primary N) is 1. The highest BCUT2D eigenvalue weighted by atomic mass is 16.3. The molecule has 3 aromatic rings. The van der Waals surface area contributed by atoms with Crippen LogP contribution in [0.25, 0.3) is 16.5 Å². The average Bonchev–Trinajstić information content (AvgIpc) is 2.54. The Morgan fingerprint density at radius 2 is 1.73 bits per heavy atom. The van der Waals surface area contributed by atoms with Crippen molar-refractivity contribution in [2.24, 2.45) is 10.7 Å². The maximum absolute atomic E-state index is 10.1. The molecule has 22 heavy (non-hydrogen) atoms. The zero-order valence-electron chi connectivity index (χ0n) is 12.0. The van der Waals surface area contributed by atoms with Crippen LogP contribution in [0.1, 0.15) is 11.1 Å². The second-order valence-electron chi connectivity index (χ2n) is 5.02. The summed E-state index contributed by atoms with van der Waals surface area (Å²) in [7, 11) is 0. The molecule has 0 heterocycles. The molecular formula is C19H16N2O. The number of para-hydroxylation sites is 1. The van der Waals surface area contributed by atoms with Crippen LogP contribution >= 0.6 is 0 Å². The van der Waals surface area contributed by atoms with Gasteiger partial charge in [0.25, 0.3) is 0 Å². The Morgan fingerprint density at radius 1 is 1.00 bits per heavy atom. The standard InChI is InChI=1S/C19H16N2O/c1-13(20)15-7-4-5-9-18(15)21-12-17-16-8-3-2-6-14(16)10-11-19(17)22/h2-12,22H,1,20H2/b21-12+. The van der Waals surface area contributed by atoms with Crippen LogP contribution in [-0.4, -0.2) is 11.3 Å². The van der Waals surface area contributed by atoms with Crippen LogP contribution in [-0.2, 0) is 0 Å². The summed E-state index contributed by atoms with van der Waals surface area (Å²) in [5.74, 6) is 0.200. The van der Waals surface area contributed by atoms with Crippen molar-refractivity contribution in [3.05, 3.63) is 78.4 Å². The number of rotatable bonds is 3. The van der Waals surface area contributed by atoms with Crippen LogP contribution in [0, 0.1) is 0 Å². The van der Waals surface area contributed by atoms with Gasteiger partial charge in [-0.05, 0) is 22.9 Å². The fraction of sp³-hybridized carbons (Fsp3) is 0. The lowest BCUT2D eigenvalue weighted by atomic mass is 10.0. The summed E-state index contributed by atoms with van der Waals surface area (Å²) in [4.78, 5) is 4.48. The van der Waals surface area contributed by atoms with E-state index in [9.17, 15) is 5.11 Å². The van der Waals surface area contributed by atoms with E-state index in [2.05, 4.69) is 11.6 Å². The Bertz CT molecular complexity index is 881. The molecular weight excluding hydrogens is 272 g/mol. The third-order valence-electron chi connectivity index (χ3n) is 3.53. The molecule has 0 saturated heterocycles. The van der Waals surface area contributed by atoms with Crippen molar-refractivity contribution in [1.82, 2.24) is 0 Å². The quantitative estimate of drug-likeness (QED) is 0.709. The van der Waals surface area contributed by atoms with Gasteiger partial charge in [0.05, 0.1) is 5.69 Å². The van der Waals surface area contributed by atoms with E-state index in [0.29, 0.717) is 11.3 Å². The zero-order chi connectivity index (χ0) is 15.5. The van der Waals surface area contributed by atoms with Crippen molar-refractivity contribution in [3.8, 4) is 5.75 Å². The highest BCUT2D eigenvalue weighted by Crippen LogP contribution is 2.27. The molecule has 0 aliphatic rings. The van der Waals surface area contributed by atoms with Gasteiger partial charge < -0.3 is 10.8 Å². The maximum atomic E-state index is 10.1. The molecule has 108 valence electrons. The van der Waals surface area contributed by atoms with Crippen molar-refractivity contribution in [2.75, 3.05) is 0 Å². The fourth-order valence-electron chi connectivity index (χ4n) is 2.41. The number of nitrogens with zero attached hydrogens (tertiary/aromatic N) is 1. The smallest absolute Gasteiger partial charge is 0.124 e. The zero-order valence-corrected chi connectivity index (χ0v) is 12.0. The van der Waals surface area contributed by atoms with Gasteiger partial charge in [-0.3, -0.25) is 4.99 Å². The molecule has 0 radical (unpaired) electrons. The van der Waals surface area contributed by atoms with Gasteiger partial charge in [0.2, 0.25) is 0 Å². The molecule has 0 aliphatic heterocycles. The van der Waals surface area contributed by atoms with Crippen molar-refractivity contribution >= 4 is 28.4 Å². The minimum absolute atomic E-state index is 0.200. The molecule has 3 nitrogen and oxygen atoms in total. The van der Waals surface area contributed by atoms with E-state index in [1.165, 1.54) is 0 Å². The molecule has 0 aliphatic carbocycles. The second-order valence-corrected chi connectivity index (χ2v) is 5.02. The number of phenolic OH excluding ortho intramolecular Hbond substituents is 1. The summed E-state index contributed by atoms with van der Waals surface area (Å²) in [6.07, 6.45) is 1.67. The highest BCUT2D eigenvalue weighted by molar-refractivity contribution is 6.03. The van der Waals surface area contributed by atoms with Gasteiger partial charge in [-0.1, -0.05) is 55.1 Å². The molecule has 0 atom stereocenters. The summed E-state index contributed by atoms with van der Waals surface area (Å²) in [5.41, 5.74) is 8.46. The number of aromatic hydroxyl groups is 1. The monoisotopic (exact) mass is 288 g/mol. The largest absolute Gasteiger partial charge is 0.507 e. The number of fused-ring (bicyclic) bond motifs is 1. The Labute approximate surface area is 129 Å². The summed E-state index contributed by atoms with van der Waals surface area (Å²) in [5, 5.41) is 12.1. The maximum Gasteiger partial charge on any atom is 0.124 e. The van der Waals surface area contributed by atoms with E-state index in [1.807, 2.05) is 54.6 Å². The lowest BCUT2D eigenvalue weighted by molar-refractivity contribution is 0.475. The molecule has 0 saturated carbocycles. The summed E-state index contributed by atoms with van der Waals surface area (Å²) < 4.78 is 0. The summed E-state index contributed by atoms with van der Waals surface area (Å²) >= 11 is 0. The van der Waals surface area contributed by atoms with Crippen LogP contribution in [0.3, 0.4) is 0 Å². The summed E-state index contributed by atoms with van der Waals surface area (Å²) in [6, 6.07) is 19.0. The van der Waals surface area contributed by atoms with Gasteiger partial charge in [-0.15, -0.1) is 0 Å². The highest BCUT2D eigenvalue weighted by Gasteiger charge is 2.05. The molecule has 3 N–H and O–H groups in total. The van der Waals surface area contributed by atoms with Crippen molar-refractivity contribution in [2.45, 2.75) is 0 Å². The van der Waals surface area contributed by atoms with E-state index in [-0.39, 0.29) is 5.75 Å². The number of benzene rings is 3. The van der Waals surface area contributed by atoms with Crippen LogP contribution in [0.2, 0.25) is 0 Å². The molecule has 0 amide bonds. The first-order valence-corrected chi connectivity index (χ1v) is 6.95. The molecule has 0 spiro atoms. The summed E-state index contributed by atoms with van der Waals surface area (Å²) in [6.45, 7) is 3.76. The lowest BCUT2D eigenvalue weighted by Crippen LogP contribution is -1.94. The predicted molar refractivity (Wildman–Crippen MR) is 92.5 cm³/mol. The first-order chi connectivity index (χ1) is 10.7. The van der Waals surface area contributed by atoms with E-state index >= 15 is 0 Å². The van der Waals surface area contributed by atoms with Gasteiger partial charge >= 0.3 is 0 Å². The second kappa shape index (κ2) is 5.74. The van der Waals surface area contributed by atoms with Crippen LogP contribution in [0.5, 0.6) is 5.75 Å². The third-order valence-corrected chi connectivity index (χ3v) is 3.53. The molecule has 0 bridgehead atoms. The number of hydrogen-bond donors (Lipinski definition) is 2. The average molecular weight is 288 g/mol. The molecule has 0 aromatic heterocycles. The van der Waals surface area contributed by atoms with E-state index in [4.69, 9.17) is 5.73 Å².